The van der Waals surface area contributed by atoms with E-state index in [4.69, 9.17) is 33.7 Å². The van der Waals surface area contributed by atoms with Gasteiger partial charge < -0.3 is 10.5 Å². The molecule has 0 bridgehead atoms. The molecule has 1 aromatic carbocycles. The lowest BCUT2D eigenvalue weighted by Gasteiger charge is -2.30. The number of hydrogen-bond acceptors (Lipinski definition) is 3. The molecule has 3 nitrogen and oxygen atoms in total. The van der Waals surface area contributed by atoms with E-state index in [1.54, 1.807) is 6.07 Å². The van der Waals surface area contributed by atoms with Gasteiger partial charge in [-0.2, -0.15) is 0 Å². The first-order valence-electron chi connectivity index (χ1n) is 6.19. The first kappa shape index (κ1) is 14.1. The molecule has 100 valence electrons. The Balaban J connectivity index is 2.23. The van der Waals surface area contributed by atoms with Gasteiger partial charge in [0.1, 0.15) is 0 Å². The lowest BCUT2D eigenvalue weighted by atomic mass is 10.0. The van der Waals surface area contributed by atoms with Crippen molar-refractivity contribution < 1.29 is 4.74 Å². The summed E-state index contributed by atoms with van der Waals surface area (Å²) in [5.41, 5.74) is 6.93. The molecule has 0 saturated carbocycles. The second kappa shape index (κ2) is 6.73. The van der Waals surface area contributed by atoms with Crippen molar-refractivity contribution in [3.63, 3.8) is 0 Å². The average molecular weight is 289 g/mol. The van der Waals surface area contributed by atoms with Gasteiger partial charge in [-0.1, -0.05) is 23.2 Å². The summed E-state index contributed by atoms with van der Waals surface area (Å²) in [6, 6.07) is 5.65. The topological polar surface area (TPSA) is 38.5 Å². The molecule has 2 N–H and O–H groups in total. The van der Waals surface area contributed by atoms with Gasteiger partial charge in [-0.3, -0.25) is 4.90 Å². The van der Waals surface area contributed by atoms with Crippen molar-refractivity contribution in [1.29, 1.82) is 0 Å². The number of benzene rings is 1. The van der Waals surface area contributed by atoms with E-state index in [-0.39, 0.29) is 6.04 Å². The summed E-state index contributed by atoms with van der Waals surface area (Å²) in [5.74, 6) is 0. The van der Waals surface area contributed by atoms with Crippen molar-refractivity contribution in [3.8, 4) is 0 Å². The van der Waals surface area contributed by atoms with Crippen molar-refractivity contribution in [2.45, 2.75) is 12.5 Å². The van der Waals surface area contributed by atoms with Crippen LogP contribution in [0.3, 0.4) is 0 Å². The summed E-state index contributed by atoms with van der Waals surface area (Å²) in [5, 5.41) is 1.42. The predicted molar refractivity (Wildman–Crippen MR) is 75.3 cm³/mol. The molecule has 1 saturated heterocycles. The molecule has 1 aliphatic heterocycles. The minimum atomic E-state index is 0.109. The summed E-state index contributed by atoms with van der Waals surface area (Å²) >= 11 is 12.3. The Kier molecular flexibility index (Phi) is 5.27. The maximum atomic E-state index is 6.26. The average Bonchev–Trinajstić information content (AvgIpc) is 2.64. The minimum absolute atomic E-state index is 0.109. The summed E-state index contributed by atoms with van der Waals surface area (Å²) in [4.78, 5) is 2.32. The lowest BCUT2D eigenvalue weighted by molar-refractivity contribution is 0.132. The van der Waals surface area contributed by atoms with Gasteiger partial charge in [0.2, 0.25) is 0 Å². The van der Waals surface area contributed by atoms with Crippen LogP contribution in [0.2, 0.25) is 10.0 Å². The largest absolute Gasteiger partial charge is 0.380 e. The molecule has 1 aromatic rings. The Hall–Kier alpha value is -0.320. The van der Waals surface area contributed by atoms with E-state index in [2.05, 4.69) is 4.90 Å². The Morgan fingerprint density at radius 3 is 2.89 bits per heavy atom. The normalized spacial score (nSPS) is 19.5. The van der Waals surface area contributed by atoms with E-state index in [9.17, 15) is 0 Å². The van der Waals surface area contributed by atoms with E-state index < -0.39 is 0 Å². The molecule has 0 aliphatic carbocycles. The van der Waals surface area contributed by atoms with E-state index in [0.29, 0.717) is 11.6 Å². The number of ether oxygens (including phenoxy) is 1. The van der Waals surface area contributed by atoms with Crippen LogP contribution in [0, 0.1) is 0 Å². The first-order valence-corrected chi connectivity index (χ1v) is 6.95. The maximum Gasteiger partial charge on any atom is 0.0593 e. The standard InChI is InChI=1S/C13H18Cl2N2O/c14-10-2-3-12(15)11(8-10)13(9-16)17-4-1-6-18-7-5-17/h2-3,8,13H,1,4-7,9,16H2. The van der Waals surface area contributed by atoms with Crippen molar-refractivity contribution in [3.05, 3.63) is 33.8 Å². The fourth-order valence-electron chi connectivity index (χ4n) is 2.32. The molecular formula is C13H18Cl2N2O. The molecule has 0 aromatic heterocycles. The Bertz CT molecular complexity index is 393. The molecule has 1 unspecified atom stereocenters. The highest BCUT2D eigenvalue weighted by Gasteiger charge is 2.22. The monoisotopic (exact) mass is 288 g/mol. The van der Waals surface area contributed by atoms with Crippen LogP contribution in [0.15, 0.2) is 18.2 Å². The Labute approximate surface area is 118 Å². The van der Waals surface area contributed by atoms with Crippen LogP contribution >= 0.6 is 23.2 Å². The van der Waals surface area contributed by atoms with Crippen LogP contribution in [0.1, 0.15) is 18.0 Å². The molecule has 2 rings (SSSR count). The highest BCUT2D eigenvalue weighted by atomic mass is 35.5. The molecular weight excluding hydrogens is 271 g/mol. The molecule has 1 fully saturated rings. The van der Waals surface area contributed by atoms with Crippen LogP contribution in [-0.2, 0) is 4.74 Å². The molecule has 5 heteroatoms. The van der Waals surface area contributed by atoms with Gasteiger partial charge in [0.15, 0.2) is 0 Å². The van der Waals surface area contributed by atoms with Crippen LogP contribution < -0.4 is 5.73 Å². The molecule has 0 spiro atoms. The van der Waals surface area contributed by atoms with Crippen molar-refractivity contribution in [2.24, 2.45) is 5.73 Å². The third-order valence-corrected chi connectivity index (χ3v) is 3.82. The number of hydrogen-bond donors (Lipinski definition) is 1. The van der Waals surface area contributed by atoms with Crippen LogP contribution in [0.4, 0.5) is 0 Å². The molecule has 0 radical (unpaired) electrons. The second-order valence-corrected chi connectivity index (χ2v) is 5.26. The fourth-order valence-corrected chi connectivity index (χ4v) is 2.74. The number of nitrogens with zero attached hydrogens (tertiary/aromatic N) is 1. The summed E-state index contributed by atoms with van der Waals surface area (Å²) in [7, 11) is 0. The van der Waals surface area contributed by atoms with Crippen molar-refractivity contribution in [2.75, 3.05) is 32.8 Å². The van der Waals surface area contributed by atoms with Crippen LogP contribution in [0.5, 0.6) is 0 Å². The van der Waals surface area contributed by atoms with Gasteiger partial charge in [-0.15, -0.1) is 0 Å². The van der Waals surface area contributed by atoms with Gasteiger partial charge in [-0.05, 0) is 30.2 Å². The zero-order valence-electron chi connectivity index (χ0n) is 10.2. The van der Waals surface area contributed by atoms with Crippen molar-refractivity contribution >= 4 is 23.2 Å². The number of halogens is 2. The predicted octanol–water partition coefficient (Wildman–Crippen LogP) is 2.72. The minimum Gasteiger partial charge on any atom is -0.380 e. The maximum absolute atomic E-state index is 6.26. The summed E-state index contributed by atoms with van der Waals surface area (Å²) < 4.78 is 5.47. The third kappa shape index (κ3) is 3.37. The van der Waals surface area contributed by atoms with Gasteiger partial charge in [0, 0.05) is 42.3 Å². The zero-order valence-corrected chi connectivity index (χ0v) is 11.8. The highest BCUT2D eigenvalue weighted by Crippen LogP contribution is 2.30. The lowest BCUT2D eigenvalue weighted by Crippen LogP contribution is -2.35. The molecule has 1 heterocycles. The molecule has 0 amide bonds. The molecule has 1 atom stereocenters. The third-order valence-electron chi connectivity index (χ3n) is 3.24. The highest BCUT2D eigenvalue weighted by molar-refractivity contribution is 6.33. The smallest absolute Gasteiger partial charge is 0.0593 e. The quantitative estimate of drug-likeness (QED) is 0.930. The van der Waals surface area contributed by atoms with E-state index in [1.807, 2.05) is 12.1 Å². The van der Waals surface area contributed by atoms with E-state index in [0.717, 1.165) is 43.3 Å². The van der Waals surface area contributed by atoms with Gasteiger partial charge in [0.05, 0.1) is 6.61 Å². The Morgan fingerprint density at radius 1 is 1.28 bits per heavy atom. The molecule has 1 aliphatic rings. The second-order valence-electron chi connectivity index (χ2n) is 4.42. The molecule has 18 heavy (non-hydrogen) atoms. The van der Waals surface area contributed by atoms with Gasteiger partial charge in [0.25, 0.3) is 0 Å². The SMILES string of the molecule is NCC(c1cc(Cl)ccc1Cl)N1CCCOCC1. The summed E-state index contributed by atoms with van der Waals surface area (Å²) in [6.45, 7) is 3.95. The van der Waals surface area contributed by atoms with Gasteiger partial charge >= 0.3 is 0 Å². The van der Waals surface area contributed by atoms with Crippen LogP contribution in [0.25, 0.3) is 0 Å². The van der Waals surface area contributed by atoms with E-state index >= 15 is 0 Å². The zero-order chi connectivity index (χ0) is 13.0. The summed E-state index contributed by atoms with van der Waals surface area (Å²) in [6.07, 6.45) is 1.02. The van der Waals surface area contributed by atoms with Crippen LogP contribution in [-0.4, -0.2) is 37.7 Å². The number of rotatable bonds is 3. The van der Waals surface area contributed by atoms with E-state index in [1.165, 1.54) is 0 Å². The van der Waals surface area contributed by atoms with Gasteiger partial charge in [-0.25, -0.2) is 0 Å². The Morgan fingerprint density at radius 2 is 2.11 bits per heavy atom. The van der Waals surface area contributed by atoms with Crippen molar-refractivity contribution in [1.82, 2.24) is 4.90 Å². The number of nitrogens with two attached hydrogens (primary N) is 1. The fraction of sp³-hybridized carbons (Fsp3) is 0.538. The first-order chi connectivity index (χ1) is 8.72.